The van der Waals surface area contributed by atoms with Gasteiger partial charge in [-0.25, -0.2) is 0 Å². The van der Waals surface area contributed by atoms with Crippen molar-refractivity contribution in [3.8, 4) is 0 Å². The van der Waals surface area contributed by atoms with Crippen molar-refractivity contribution in [2.45, 2.75) is 161 Å². The van der Waals surface area contributed by atoms with Crippen molar-refractivity contribution in [2.24, 2.45) is 52.3 Å². The van der Waals surface area contributed by atoms with Crippen molar-refractivity contribution >= 4 is 0 Å². The van der Waals surface area contributed by atoms with Gasteiger partial charge in [0.25, 0.3) is 0 Å². The van der Waals surface area contributed by atoms with Crippen molar-refractivity contribution in [3.63, 3.8) is 0 Å². The summed E-state index contributed by atoms with van der Waals surface area (Å²) < 4.78 is 43.1. The van der Waals surface area contributed by atoms with Gasteiger partial charge in [-0.15, -0.1) is 0 Å². The average molecular weight is 809 g/mol. The fourth-order valence-corrected chi connectivity index (χ4v) is 10.5. The van der Waals surface area contributed by atoms with E-state index in [2.05, 4.69) is 5.32 Å². The van der Waals surface area contributed by atoms with Gasteiger partial charge in [-0.05, 0) is 55.8 Å². The van der Waals surface area contributed by atoms with E-state index in [1.165, 1.54) is 0 Å². The summed E-state index contributed by atoms with van der Waals surface area (Å²) in [6, 6.07) is -3.98. The predicted octanol–water partition coefficient (Wildman–Crippen LogP) is -7.45. The van der Waals surface area contributed by atoms with Gasteiger partial charge >= 0.3 is 0 Å². The molecule has 8 rings (SSSR count). The lowest BCUT2D eigenvalue weighted by molar-refractivity contribution is -0.312. The second-order valence-corrected chi connectivity index (χ2v) is 17.0. The third kappa shape index (κ3) is 8.28. The van der Waals surface area contributed by atoms with Crippen LogP contribution in [0.15, 0.2) is 0 Å². The largest absolute Gasteiger partial charge is 0.394 e. The first kappa shape index (κ1) is 43.3. The summed E-state index contributed by atoms with van der Waals surface area (Å²) in [5, 5.41) is 88.1. The number of rotatable bonds is 14. The Balaban J connectivity index is 1.09. The maximum Gasteiger partial charge on any atom is 0.187 e. The Hall–Kier alpha value is -0.840. The highest BCUT2D eigenvalue weighted by Gasteiger charge is 2.56. The molecule has 4 bridgehead atoms. The molecule has 0 aromatic rings. The number of nitrogens with one attached hydrogen (secondary N) is 1. The first-order chi connectivity index (χ1) is 26.8. The normalized spacial score (nSPS) is 54.5. The molecule has 3 aliphatic heterocycles. The topological polar surface area (TPSA) is 369 Å². The molecule has 324 valence electrons. The molecule has 56 heavy (non-hydrogen) atoms. The Labute approximate surface area is 325 Å². The van der Waals surface area contributed by atoms with Crippen LogP contribution in [0.1, 0.15) is 32.1 Å². The molecule has 19 atom stereocenters. The van der Waals surface area contributed by atoms with Gasteiger partial charge < -0.3 is 108 Å². The summed E-state index contributed by atoms with van der Waals surface area (Å²) in [6.45, 7) is -0.831. The van der Waals surface area contributed by atoms with Crippen LogP contribution in [0.3, 0.4) is 0 Å². The molecule has 5 aliphatic carbocycles. The summed E-state index contributed by atoms with van der Waals surface area (Å²) in [7, 11) is 0. The van der Waals surface area contributed by atoms with Gasteiger partial charge in [0.1, 0.15) is 67.1 Å². The predicted molar refractivity (Wildman–Crippen MR) is 190 cm³/mol. The van der Waals surface area contributed by atoms with Crippen LogP contribution in [0.2, 0.25) is 0 Å². The smallest absolute Gasteiger partial charge is 0.187 e. The van der Waals surface area contributed by atoms with E-state index >= 15 is 0 Å². The number of aliphatic hydroxyl groups is 8. The lowest BCUT2D eigenvalue weighted by Gasteiger charge is -2.56. The zero-order chi connectivity index (χ0) is 40.2. The molecule has 0 radical (unpaired) electrons. The van der Waals surface area contributed by atoms with E-state index in [0.717, 1.165) is 25.7 Å². The van der Waals surface area contributed by atoms with Gasteiger partial charge in [-0.2, -0.15) is 0 Å². The highest BCUT2D eigenvalue weighted by Crippen LogP contribution is 2.53. The molecule has 8 aliphatic rings. The first-order valence-electron chi connectivity index (χ1n) is 20.1. The van der Waals surface area contributed by atoms with Gasteiger partial charge in [0.2, 0.25) is 0 Å². The molecule has 19 N–H and O–H groups in total. The third-order valence-electron chi connectivity index (χ3n) is 13.5. The van der Waals surface area contributed by atoms with E-state index in [-0.39, 0.29) is 31.7 Å². The van der Waals surface area contributed by atoms with Gasteiger partial charge in [-0.3, -0.25) is 0 Å². The standard InChI is InChI=1S/C35H64N6O15/c36-8-17-25(46)27(48)20(39)33(51-17)55-30-19(10-43)53-35(32(30)50-2-1-41-22-11-3-13-5-12(22)6-14(4-11)23(13)44)56-31-24(45)15(37)7-16(38)29(31)54-34-21(40)28(49)26(47)18(9-42)52-34/h11-35,41-49H,1-10,36-40H2/t11?,12?,13?,14?,15-,16+,17+,18-,19-,20-,21-,22?,23?,24+,25-,26-,27-,28-,29-,30-,31-,32-,33-,34-,35+/m1/s1. The van der Waals surface area contributed by atoms with E-state index in [9.17, 15) is 40.9 Å². The first-order valence-corrected chi connectivity index (χ1v) is 20.1. The Morgan fingerprint density at radius 1 is 0.518 bits per heavy atom. The zero-order valence-electron chi connectivity index (χ0n) is 31.3. The van der Waals surface area contributed by atoms with Crippen molar-refractivity contribution in [1.82, 2.24) is 5.32 Å². The minimum Gasteiger partial charge on any atom is -0.394 e. The molecule has 5 saturated carbocycles. The number of aliphatic hydroxyl groups excluding tert-OH is 8. The highest BCUT2D eigenvalue weighted by molar-refractivity contribution is 5.06. The minimum atomic E-state index is -1.53. The number of hydrogen-bond donors (Lipinski definition) is 14. The molecule has 0 unspecified atom stereocenters. The molecule has 0 aromatic heterocycles. The maximum absolute atomic E-state index is 11.4. The number of ether oxygens (including phenoxy) is 7. The Morgan fingerprint density at radius 2 is 1.04 bits per heavy atom. The van der Waals surface area contributed by atoms with Crippen molar-refractivity contribution in [1.29, 1.82) is 0 Å². The molecule has 0 aromatic carbocycles. The fraction of sp³-hybridized carbons (Fsp3) is 1.00. The van der Waals surface area contributed by atoms with E-state index in [1.54, 1.807) is 0 Å². The molecule has 0 spiro atoms. The Morgan fingerprint density at radius 3 is 1.61 bits per heavy atom. The highest BCUT2D eigenvalue weighted by atomic mass is 16.8. The van der Waals surface area contributed by atoms with E-state index < -0.39 is 129 Å². The summed E-state index contributed by atoms with van der Waals surface area (Å²) in [4.78, 5) is 0. The average Bonchev–Trinajstić information content (AvgIpc) is 3.50. The molecule has 8 fully saturated rings. The lowest BCUT2D eigenvalue weighted by atomic mass is 9.53. The molecule has 3 heterocycles. The maximum atomic E-state index is 11.4. The number of nitrogens with two attached hydrogens (primary N) is 5. The second kappa shape index (κ2) is 18.0. The SMILES string of the molecule is NC[C@@H]1O[C@H](O[C@H]2[C@@H](OCCNC3C4CC5CC3CC(C4)C5O)[C@H](O[C@@H]3[C@@H](O)[C@H](N)C[C@H](N)[C@H]3O[C@H]3O[C@H](CO)[C@@H](O)[C@H](O)[C@H]3N)O[C@@H]2CO)[C@H](N)[C@@H](O)[C@@H]1O. The Kier molecular flexibility index (Phi) is 13.9. The van der Waals surface area contributed by atoms with E-state index in [4.69, 9.17) is 61.8 Å². The molecule has 3 saturated heterocycles. The van der Waals surface area contributed by atoms with Crippen LogP contribution in [-0.4, -0.2) is 202 Å². The minimum absolute atomic E-state index is 0.0847. The van der Waals surface area contributed by atoms with E-state index in [0.29, 0.717) is 30.2 Å². The van der Waals surface area contributed by atoms with Gasteiger partial charge in [0.05, 0.1) is 44.1 Å². The molecule has 0 amide bonds. The van der Waals surface area contributed by atoms with Gasteiger partial charge in [-0.1, -0.05) is 0 Å². The monoisotopic (exact) mass is 808 g/mol. The van der Waals surface area contributed by atoms with Crippen LogP contribution in [0.4, 0.5) is 0 Å². The third-order valence-corrected chi connectivity index (χ3v) is 13.5. The Bertz CT molecular complexity index is 1250. The van der Waals surface area contributed by atoms with Crippen LogP contribution in [0.5, 0.6) is 0 Å². The van der Waals surface area contributed by atoms with Crippen LogP contribution < -0.4 is 34.0 Å². The molecule has 21 nitrogen and oxygen atoms in total. The van der Waals surface area contributed by atoms with Gasteiger partial charge in [0, 0.05) is 31.2 Å². The van der Waals surface area contributed by atoms with E-state index in [1.807, 2.05) is 0 Å². The molecule has 21 heteroatoms. The van der Waals surface area contributed by atoms with Crippen molar-refractivity contribution in [2.75, 3.05) is 32.9 Å². The van der Waals surface area contributed by atoms with Crippen LogP contribution in [0.25, 0.3) is 0 Å². The lowest BCUT2D eigenvalue weighted by Crippen LogP contribution is -2.68. The summed E-state index contributed by atoms with van der Waals surface area (Å²) >= 11 is 0. The van der Waals surface area contributed by atoms with Gasteiger partial charge in [0.15, 0.2) is 18.9 Å². The number of hydrogen-bond acceptors (Lipinski definition) is 21. The van der Waals surface area contributed by atoms with Crippen molar-refractivity contribution in [3.05, 3.63) is 0 Å². The molecular formula is C35H64N6O15. The van der Waals surface area contributed by atoms with Crippen LogP contribution >= 0.6 is 0 Å². The van der Waals surface area contributed by atoms with Crippen molar-refractivity contribution < 1.29 is 74.0 Å². The quantitative estimate of drug-likeness (QED) is 0.0725. The summed E-state index contributed by atoms with van der Waals surface area (Å²) in [6.07, 6.45) is -15.6. The zero-order valence-corrected chi connectivity index (χ0v) is 31.3. The second-order valence-electron chi connectivity index (χ2n) is 17.0. The van der Waals surface area contributed by atoms with Crippen LogP contribution in [-0.2, 0) is 33.2 Å². The summed E-state index contributed by atoms with van der Waals surface area (Å²) in [5.74, 6) is 1.61. The van der Waals surface area contributed by atoms with Crippen LogP contribution in [0, 0.1) is 23.7 Å². The molecular weight excluding hydrogens is 744 g/mol. The summed E-state index contributed by atoms with van der Waals surface area (Å²) in [5.41, 5.74) is 31.0. The fourth-order valence-electron chi connectivity index (χ4n) is 10.5.